The maximum Gasteiger partial charge on any atom is 0.134 e. The first-order chi connectivity index (χ1) is 9.68. The molecule has 0 unspecified atom stereocenters. The molecule has 0 amide bonds. The Morgan fingerprint density at radius 3 is 1.30 bits per heavy atom. The topological polar surface area (TPSA) is 0 Å². The molecule has 0 saturated carbocycles. The summed E-state index contributed by atoms with van der Waals surface area (Å²) >= 11 is 3.73. The van der Waals surface area contributed by atoms with Crippen LogP contribution in [0.5, 0.6) is 0 Å². The third-order valence-electron chi connectivity index (χ3n) is 4.39. The number of unbranched alkanes of at least 4 members (excludes halogenated alkanes) is 10. The lowest BCUT2D eigenvalue weighted by molar-refractivity contribution is -0.896. The maximum absolute atomic E-state index is 3.73. The van der Waals surface area contributed by atoms with Crippen LogP contribution in [-0.4, -0.2) is 30.1 Å². The first kappa shape index (κ1) is 20.4. The van der Waals surface area contributed by atoms with Crippen LogP contribution in [0.1, 0.15) is 90.9 Å². The van der Waals surface area contributed by atoms with Crippen LogP contribution >= 0.6 is 15.9 Å². The van der Waals surface area contributed by atoms with E-state index in [-0.39, 0.29) is 0 Å². The van der Waals surface area contributed by atoms with Gasteiger partial charge in [0.15, 0.2) is 0 Å². The lowest BCUT2D eigenvalue weighted by atomic mass is 10.1. The Bertz CT molecular complexity index is 178. The number of rotatable bonds is 15. The SMILES string of the molecule is CCCCCCCC[N+](C)(CBr)CCCCCCCC. The Kier molecular flexibility index (Phi) is 14.7. The summed E-state index contributed by atoms with van der Waals surface area (Å²) in [6.45, 7) is 7.29. The maximum atomic E-state index is 3.73. The second-order valence-corrected chi connectivity index (χ2v) is 7.22. The molecule has 2 heteroatoms. The lowest BCUT2D eigenvalue weighted by Gasteiger charge is -2.32. The fourth-order valence-corrected chi connectivity index (χ4v) is 3.28. The zero-order valence-electron chi connectivity index (χ0n) is 14.4. The van der Waals surface area contributed by atoms with E-state index in [1.165, 1.54) is 94.6 Å². The summed E-state index contributed by atoms with van der Waals surface area (Å²) in [7, 11) is 2.42. The highest BCUT2D eigenvalue weighted by Crippen LogP contribution is 2.14. The molecular weight excluding hydrogens is 310 g/mol. The van der Waals surface area contributed by atoms with Gasteiger partial charge in [-0.25, -0.2) is 0 Å². The van der Waals surface area contributed by atoms with Crippen LogP contribution in [0, 0.1) is 0 Å². The molecule has 0 aliphatic rings. The monoisotopic (exact) mass is 348 g/mol. The second-order valence-electron chi connectivity index (χ2n) is 6.72. The minimum Gasteiger partial charge on any atom is -0.317 e. The van der Waals surface area contributed by atoms with Gasteiger partial charge in [-0.05, 0) is 41.6 Å². The van der Waals surface area contributed by atoms with Crippen molar-refractivity contribution in [1.82, 2.24) is 0 Å². The first-order valence-electron chi connectivity index (χ1n) is 9.08. The zero-order valence-corrected chi connectivity index (χ0v) is 16.0. The van der Waals surface area contributed by atoms with E-state index in [0.717, 1.165) is 5.45 Å². The Morgan fingerprint density at radius 1 is 0.600 bits per heavy atom. The van der Waals surface area contributed by atoms with Crippen molar-refractivity contribution in [3.63, 3.8) is 0 Å². The van der Waals surface area contributed by atoms with E-state index < -0.39 is 0 Å². The molecule has 0 saturated heterocycles. The molecule has 20 heavy (non-hydrogen) atoms. The molecule has 0 atom stereocenters. The molecule has 0 aromatic heterocycles. The van der Waals surface area contributed by atoms with Crippen LogP contribution < -0.4 is 0 Å². The molecule has 0 aliphatic carbocycles. The highest BCUT2D eigenvalue weighted by molar-refractivity contribution is 9.09. The van der Waals surface area contributed by atoms with Gasteiger partial charge in [-0.3, -0.25) is 0 Å². The summed E-state index contributed by atoms with van der Waals surface area (Å²) < 4.78 is 1.22. The fraction of sp³-hybridized carbons (Fsp3) is 1.00. The smallest absolute Gasteiger partial charge is 0.134 e. The molecule has 0 aromatic carbocycles. The number of nitrogens with zero attached hydrogens (tertiary/aromatic N) is 1. The van der Waals surface area contributed by atoms with Crippen LogP contribution in [0.3, 0.4) is 0 Å². The van der Waals surface area contributed by atoms with E-state index in [1.54, 1.807) is 0 Å². The van der Waals surface area contributed by atoms with E-state index in [4.69, 9.17) is 0 Å². The Balaban J connectivity index is 3.57. The van der Waals surface area contributed by atoms with E-state index in [0.29, 0.717) is 0 Å². The van der Waals surface area contributed by atoms with Gasteiger partial charge in [0.05, 0.1) is 20.1 Å². The standard InChI is InChI=1S/C18H39BrN/c1-4-6-8-10-12-14-16-20(3,18-19)17-15-13-11-9-7-5-2/h4-18H2,1-3H3/q+1. The molecule has 0 heterocycles. The number of quaternary nitrogens is 1. The largest absolute Gasteiger partial charge is 0.317 e. The van der Waals surface area contributed by atoms with Crippen LogP contribution in [0.4, 0.5) is 0 Å². The molecule has 0 fully saturated rings. The Labute approximate surface area is 137 Å². The molecule has 0 aromatic rings. The summed E-state index contributed by atoms with van der Waals surface area (Å²) in [5, 5.41) is 0. The number of hydrogen-bond acceptors (Lipinski definition) is 0. The van der Waals surface area contributed by atoms with Crippen LogP contribution in [0.2, 0.25) is 0 Å². The van der Waals surface area contributed by atoms with Crippen molar-refractivity contribution in [3.05, 3.63) is 0 Å². The van der Waals surface area contributed by atoms with Crippen molar-refractivity contribution < 1.29 is 4.48 Å². The van der Waals surface area contributed by atoms with E-state index >= 15 is 0 Å². The van der Waals surface area contributed by atoms with Crippen molar-refractivity contribution in [3.8, 4) is 0 Å². The lowest BCUT2D eigenvalue weighted by Crippen LogP contribution is -2.44. The number of alkyl halides is 1. The van der Waals surface area contributed by atoms with Crippen molar-refractivity contribution in [2.45, 2.75) is 90.9 Å². The Hall–Kier alpha value is 0.440. The summed E-state index contributed by atoms with van der Waals surface area (Å²) in [6, 6.07) is 0. The third-order valence-corrected chi connectivity index (χ3v) is 5.60. The van der Waals surface area contributed by atoms with Gasteiger partial charge in [0, 0.05) is 0 Å². The van der Waals surface area contributed by atoms with Gasteiger partial charge >= 0.3 is 0 Å². The van der Waals surface area contributed by atoms with E-state index in [1.807, 2.05) is 0 Å². The average Bonchev–Trinajstić information content (AvgIpc) is 2.46. The molecule has 1 nitrogen and oxygen atoms in total. The predicted octanol–water partition coefficient (Wildman–Crippen LogP) is 6.51. The summed E-state index contributed by atoms with van der Waals surface area (Å²) in [6.07, 6.45) is 17.0. The molecule has 0 aliphatic heterocycles. The normalized spacial score (nSPS) is 12.0. The van der Waals surface area contributed by atoms with Gasteiger partial charge in [-0.15, -0.1) is 0 Å². The second kappa shape index (κ2) is 14.4. The van der Waals surface area contributed by atoms with Gasteiger partial charge in [0.25, 0.3) is 0 Å². The molecule has 0 radical (unpaired) electrons. The highest BCUT2D eigenvalue weighted by atomic mass is 79.9. The third kappa shape index (κ3) is 12.2. The summed E-state index contributed by atoms with van der Waals surface area (Å²) in [4.78, 5) is 0. The van der Waals surface area contributed by atoms with Crippen molar-refractivity contribution in [1.29, 1.82) is 0 Å². The van der Waals surface area contributed by atoms with Crippen LogP contribution in [-0.2, 0) is 0 Å². The number of hydrogen-bond donors (Lipinski definition) is 0. The van der Waals surface area contributed by atoms with Gasteiger partial charge in [-0.1, -0.05) is 65.2 Å². The van der Waals surface area contributed by atoms with Crippen molar-refractivity contribution in [2.24, 2.45) is 0 Å². The summed E-state index contributed by atoms with van der Waals surface area (Å²) in [5.74, 6) is 0. The van der Waals surface area contributed by atoms with Crippen LogP contribution in [0.25, 0.3) is 0 Å². The molecule has 0 N–H and O–H groups in total. The quantitative estimate of drug-likeness (QED) is 0.137. The van der Waals surface area contributed by atoms with Crippen LogP contribution in [0.15, 0.2) is 0 Å². The molecule has 0 rings (SSSR count). The van der Waals surface area contributed by atoms with Crippen molar-refractivity contribution in [2.75, 3.05) is 25.6 Å². The Morgan fingerprint density at radius 2 is 0.950 bits per heavy atom. The van der Waals surface area contributed by atoms with Gasteiger partial charge in [0.2, 0.25) is 0 Å². The van der Waals surface area contributed by atoms with Gasteiger partial charge in [0.1, 0.15) is 5.45 Å². The van der Waals surface area contributed by atoms with E-state index in [9.17, 15) is 0 Å². The van der Waals surface area contributed by atoms with Crippen molar-refractivity contribution >= 4 is 15.9 Å². The molecule has 0 spiro atoms. The average molecular weight is 349 g/mol. The van der Waals surface area contributed by atoms with Gasteiger partial charge in [-0.2, -0.15) is 0 Å². The van der Waals surface area contributed by atoms with E-state index in [2.05, 4.69) is 36.8 Å². The minimum atomic E-state index is 1.12. The predicted molar refractivity (Wildman–Crippen MR) is 96.5 cm³/mol. The molecular formula is C18H39BrN+. The van der Waals surface area contributed by atoms with Gasteiger partial charge < -0.3 is 4.48 Å². The first-order valence-corrected chi connectivity index (χ1v) is 10.2. The minimum absolute atomic E-state index is 1.12. The molecule has 0 bridgehead atoms. The summed E-state index contributed by atoms with van der Waals surface area (Å²) in [5.41, 5.74) is 1.12. The fourth-order valence-electron chi connectivity index (χ4n) is 2.78. The highest BCUT2D eigenvalue weighted by Gasteiger charge is 2.18. The number of halogens is 1. The zero-order chi connectivity index (χ0) is 15.1. The molecule has 122 valence electrons.